The number of rotatable bonds is 5. The summed E-state index contributed by atoms with van der Waals surface area (Å²) < 4.78 is 1.96. The highest BCUT2D eigenvalue weighted by atomic mass is 16.2. The Morgan fingerprint density at radius 3 is 2.41 bits per heavy atom. The number of amides is 3. The van der Waals surface area contributed by atoms with E-state index in [1.54, 1.807) is 24.3 Å². The van der Waals surface area contributed by atoms with Gasteiger partial charge in [-0.15, -0.1) is 0 Å². The van der Waals surface area contributed by atoms with Crippen LogP contribution in [-0.4, -0.2) is 27.5 Å². The monoisotopic (exact) mass is 365 g/mol. The number of fused-ring (bicyclic) bond motifs is 1. The number of imidazole rings is 1. The van der Waals surface area contributed by atoms with Crippen LogP contribution >= 0.6 is 0 Å². The minimum absolute atomic E-state index is 0.0490. The van der Waals surface area contributed by atoms with Crippen molar-refractivity contribution in [3.63, 3.8) is 0 Å². The Labute approximate surface area is 157 Å². The van der Waals surface area contributed by atoms with Crippen molar-refractivity contribution in [2.45, 2.75) is 33.4 Å². The summed E-state index contributed by atoms with van der Waals surface area (Å²) in [5.41, 5.74) is 2.92. The molecule has 0 atom stereocenters. The second-order valence-corrected chi connectivity index (χ2v) is 6.45. The van der Waals surface area contributed by atoms with E-state index in [0.29, 0.717) is 23.7 Å². The number of carbonyl (C=O) groups excluding carboxylic acids is 2. The fourth-order valence-corrected chi connectivity index (χ4v) is 2.80. The molecule has 0 unspecified atom stereocenters. The molecule has 0 saturated carbocycles. The first-order chi connectivity index (χ1) is 13.0. The second-order valence-electron chi connectivity index (χ2n) is 6.45. The average Bonchev–Trinajstić information content (AvgIpc) is 2.98. The van der Waals surface area contributed by atoms with Crippen molar-refractivity contribution in [1.82, 2.24) is 14.9 Å². The van der Waals surface area contributed by atoms with E-state index >= 15 is 0 Å². The standard InChI is InChI=1S/C20H23N5O2/c1-4-25-17-8-6-5-7-16(17)23-19(25)24-18(26)14-9-11-15(12-10-14)22-20(27)21-13(2)3/h5-13H,4H2,1-3H3,(H2,21,22,27)(H,23,24,26). The van der Waals surface area contributed by atoms with Crippen LogP contribution in [-0.2, 0) is 6.54 Å². The minimum atomic E-state index is -0.279. The zero-order chi connectivity index (χ0) is 19.4. The number of anilines is 2. The van der Waals surface area contributed by atoms with E-state index in [-0.39, 0.29) is 18.0 Å². The Kier molecular flexibility index (Phi) is 5.40. The predicted octanol–water partition coefficient (Wildman–Crippen LogP) is 3.84. The molecule has 0 aliphatic heterocycles. The molecule has 140 valence electrons. The van der Waals surface area contributed by atoms with Gasteiger partial charge in [-0.05, 0) is 57.2 Å². The molecule has 1 aromatic heterocycles. The van der Waals surface area contributed by atoms with Gasteiger partial charge in [0.25, 0.3) is 5.91 Å². The summed E-state index contributed by atoms with van der Waals surface area (Å²) in [6.07, 6.45) is 0. The molecule has 1 heterocycles. The van der Waals surface area contributed by atoms with Crippen LogP contribution < -0.4 is 16.0 Å². The molecule has 7 nitrogen and oxygen atoms in total. The molecule has 0 aliphatic rings. The molecule has 2 aromatic carbocycles. The van der Waals surface area contributed by atoms with Crippen molar-refractivity contribution >= 4 is 34.6 Å². The molecule has 27 heavy (non-hydrogen) atoms. The number of aromatic nitrogens is 2. The van der Waals surface area contributed by atoms with Gasteiger partial charge < -0.3 is 15.2 Å². The van der Waals surface area contributed by atoms with Crippen LogP contribution in [0.5, 0.6) is 0 Å². The third-order valence-corrected chi connectivity index (χ3v) is 4.02. The number of nitrogens with one attached hydrogen (secondary N) is 3. The zero-order valence-electron chi connectivity index (χ0n) is 15.6. The van der Waals surface area contributed by atoms with E-state index in [1.165, 1.54) is 0 Å². The van der Waals surface area contributed by atoms with Gasteiger partial charge in [0.2, 0.25) is 5.95 Å². The molecular weight excluding hydrogens is 342 g/mol. The predicted molar refractivity (Wildman–Crippen MR) is 107 cm³/mol. The fourth-order valence-electron chi connectivity index (χ4n) is 2.80. The van der Waals surface area contributed by atoms with Crippen molar-refractivity contribution in [3.05, 3.63) is 54.1 Å². The summed E-state index contributed by atoms with van der Waals surface area (Å²) in [7, 11) is 0. The van der Waals surface area contributed by atoms with Gasteiger partial charge in [-0.25, -0.2) is 9.78 Å². The van der Waals surface area contributed by atoms with E-state index in [9.17, 15) is 9.59 Å². The van der Waals surface area contributed by atoms with E-state index in [2.05, 4.69) is 20.9 Å². The lowest BCUT2D eigenvalue weighted by molar-refractivity contribution is 0.102. The van der Waals surface area contributed by atoms with Crippen LogP contribution in [0, 0.1) is 0 Å². The maximum atomic E-state index is 12.6. The molecule has 0 radical (unpaired) electrons. The van der Waals surface area contributed by atoms with E-state index in [4.69, 9.17) is 0 Å². The van der Waals surface area contributed by atoms with Crippen LogP contribution in [0.2, 0.25) is 0 Å². The third kappa shape index (κ3) is 4.25. The maximum absolute atomic E-state index is 12.6. The summed E-state index contributed by atoms with van der Waals surface area (Å²) in [6, 6.07) is 14.2. The van der Waals surface area contributed by atoms with Gasteiger partial charge in [-0.2, -0.15) is 0 Å². The van der Waals surface area contributed by atoms with Crippen molar-refractivity contribution in [2.75, 3.05) is 10.6 Å². The summed E-state index contributed by atoms with van der Waals surface area (Å²) in [4.78, 5) is 28.8. The maximum Gasteiger partial charge on any atom is 0.319 e. The normalized spacial score (nSPS) is 10.8. The molecule has 3 rings (SSSR count). The molecular formula is C20H23N5O2. The molecule has 0 aliphatic carbocycles. The van der Waals surface area contributed by atoms with Crippen molar-refractivity contribution in [1.29, 1.82) is 0 Å². The van der Waals surface area contributed by atoms with Crippen LogP contribution in [0.4, 0.5) is 16.4 Å². The van der Waals surface area contributed by atoms with E-state index < -0.39 is 0 Å². The van der Waals surface area contributed by atoms with Gasteiger partial charge in [0, 0.05) is 23.8 Å². The molecule has 0 spiro atoms. The van der Waals surface area contributed by atoms with Crippen molar-refractivity contribution in [3.8, 4) is 0 Å². The van der Waals surface area contributed by atoms with Gasteiger partial charge in [0.1, 0.15) is 0 Å². The first kappa shape index (κ1) is 18.4. The van der Waals surface area contributed by atoms with Crippen LogP contribution in [0.25, 0.3) is 11.0 Å². The van der Waals surface area contributed by atoms with Crippen LogP contribution in [0.3, 0.4) is 0 Å². The Bertz CT molecular complexity index is 960. The number of urea groups is 1. The van der Waals surface area contributed by atoms with Gasteiger partial charge in [0.15, 0.2) is 0 Å². The van der Waals surface area contributed by atoms with E-state index in [0.717, 1.165) is 11.0 Å². The molecule has 0 fully saturated rings. The first-order valence-electron chi connectivity index (χ1n) is 8.92. The Morgan fingerprint density at radius 1 is 1.04 bits per heavy atom. The van der Waals surface area contributed by atoms with Crippen molar-refractivity contribution < 1.29 is 9.59 Å². The summed E-state index contributed by atoms with van der Waals surface area (Å²) in [6.45, 7) is 6.48. The minimum Gasteiger partial charge on any atom is -0.336 e. The summed E-state index contributed by atoms with van der Waals surface area (Å²) in [5.74, 6) is 0.264. The smallest absolute Gasteiger partial charge is 0.319 e. The van der Waals surface area contributed by atoms with Gasteiger partial charge >= 0.3 is 6.03 Å². The highest BCUT2D eigenvalue weighted by Crippen LogP contribution is 2.20. The number of carbonyl (C=O) groups is 2. The molecule has 3 N–H and O–H groups in total. The lowest BCUT2D eigenvalue weighted by atomic mass is 10.2. The molecule has 0 bridgehead atoms. The number of aryl methyl sites for hydroxylation is 1. The van der Waals surface area contributed by atoms with Crippen LogP contribution in [0.15, 0.2) is 48.5 Å². The van der Waals surface area contributed by atoms with Crippen molar-refractivity contribution in [2.24, 2.45) is 0 Å². The molecule has 3 aromatic rings. The Morgan fingerprint density at radius 2 is 1.74 bits per heavy atom. The SMILES string of the molecule is CCn1c(NC(=O)c2ccc(NC(=O)NC(C)C)cc2)nc2ccccc21. The number of benzene rings is 2. The Hall–Kier alpha value is -3.35. The summed E-state index contributed by atoms with van der Waals surface area (Å²) in [5, 5.41) is 8.34. The Balaban J connectivity index is 1.72. The number of hydrogen-bond acceptors (Lipinski definition) is 3. The van der Waals surface area contributed by atoms with Gasteiger partial charge in [0.05, 0.1) is 11.0 Å². The number of nitrogens with zero attached hydrogens (tertiary/aromatic N) is 2. The molecule has 0 saturated heterocycles. The molecule has 7 heteroatoms. The van der Waals surface area contributed by atoms with E-state index in [1.807, 2.05) is 49.6 Å². The lowest BCUT2D eigenvalue weighted by Gasteiger charge is -2.11. The summed E-state index contributed by atoms with van der Waals surface area (Å²) >= 11 is 0. The fraction of sp³-hybridized carbons (Fsp3) is 0.250. The van der Waals surface area contributed by atoms with Crippen LogP contribution in [0.1, 0.15) is 31.1 Å². The largest absolute Gasteiger partial charge is 0.336 e. The van der Waals surface area contributed by atoms with Gasteiger partial charge in [-0.1, -0.05) is 12.1 Å². The second kappa shape index (κ2) is 7.90. The average molecular weight is 365 g/mol. The third-order valence-electron chi connectivity index (χ3n) is 4.02. The highest BCUT2D eigenvalue weighted by molar-refractivity contribution is 6.04. The topological polar surface area (TPSA) is 88.0 Å². The van der Waals surface area contributed by atoms with Gasteiger partial charge in [-0.3, -0.25) is 10.1 Å². The number of para-hydroxylation sites is 2. The number of hydrogen-bond donors (Lipinski definition) is 3. The molecule has 3 amide bonds. The first-order valence-corrected chi connectivity index (χ1v) is 8.92. The highest BCUT2D eigenvalue weighted by Gasteiger charge is 2.13. The lowest BCUT2D eigenvalue weighted by Crippen LogP contribution is -2.34. The quantitative estimate of drug-likeness (QED) is 0.642. The zero-order valence-corrected chi connectivity index (χ0v) is 15.6.